The second kappa shape index (κ2) is 3.20. The third kappa shape index (κ3) is 1.39. The van der Waals surface area contributed by atoms with Crippen LogP contribution in [0, 0.1) is 5.41 Å². The van der Waals surface area contributed by atoms with E-state index in [2.05, 4.69) is 20.8 Å². The maximum Gasteiger partial charge on any atom is 0.0530 e. The molecule has 4 saturated heterocycles. The molecule has 4 fully saturated rings. The lowest BCUT2D eigenvalue weighted by Gasteiger charge is -2.60. The summed E-state index contributed by atoms with van der Waals surface area (Å²) in [5.74, 6) is 0. The Kier molecular flexibility index (Phi) is 2.10. The Morgan fingerprint density at radius 2 is 1.50 bits per heavy atom. The molecule has 4 bridgehead atoms. The highest BCUT2D eigenvalue weighted by Crippen LogP contribution is 2.38. The van der Waals surface area contributed by atoms with Gasteiger partial charge in [0, 0.05) is 30.6 Å². The number of hydrogen-bond acceptors (Lipinski definition) is 3. The molecule has 0 atom stereocenters. The fourth-order valence-electron chi connectivity index (χ4n) is 3.34. The van der Waals surface area contributed by atoms with Crippen LogP contribution < -0.4 is 0 Å². The summed E-state index contributed by atoms with van der Waals surface area (Å²) in [6.45, 7) is 7.26. The first kappa shape index (κ1) is 9.16. The smallest absolute Gasteiger partial charge is 0.0530 e. The molecule has 78 valence electrons. The molecule has 0 saturated carbocycles. The second-order valence-corrected chi connectivity index (χ2v) is 5.23. The third-order valence-electron chi connectivity index (χ3n) is 3.52. The van der Waals surface area contributed by atoms with Crippen LogP contribution in [0.25, 0.3) is 0 Å². The van der Waals surface area contributed by atoms with Crippen molar-refractivity contribution < 1.29 is 0 Å². The molecule has 4 aliphatic heterocycles. The van der Waals surface area contributed by atoms with Gasteiger partial charge in [0.15, 0.2) is 0 Å². The Labute approximate surface area is 89.9 Å². The molecule has 0 aromatic rings. The summed E-state index contributed by atoms with van der Waals surface area (Å²) in [5, 5.41) is 0. The fraction of sp³-hybridized carbons (Fsp3) is 0.800. The van der Waals surface area contributed by atoms with Gasteiger partial charge < -0.3 is 0 Å². The van der Waals surface area contributed by atoms with Gasteiger partial charge in [0.25, 0.3) is 0 Å². The van der Waals surface area contributed by atoms with Crippen molar-refractivity contribution in [3.63, 3.8) is 0 Å². The molecule has 0 amide bonds. The van der Waals surface area contributed by atoms with E-state index in [1.54, 1.807) is 5.54 Å². The van der Waals surface area contributed by atoms with Crippen molar-refractivity contribution in [3.8, 4) is 0 Å². The van der Waals surface area contributed by atoms with E-state index in [0.29, 0.717) is 5.41 Å². The predicted octanol–water partition coefficient (Wildman–Crippen LogP) is 0.935. The lowest BCUT2D eigenvalue weighted by molar-refractivity contribution is -0.171. The van der Waals surface area contributed by atoms with Crippen LogP contribution in [-0.2, 0) is 0 Å². The van der Waals surface area contributed by atoms with Gasteiger partial charge in [0.2, 0.25) is 0 Å². The molecular weight excluding hydrogens is 198 g/mol. The first-order chi connectivity index (χ1) is 6.80. The molecule has 0 aromatic carbocycles. The van der Waals surface area contributed by atoms with Crippen LogP contribution in [0.3, 0.4) is 0 Å². The van der Waals surface area contributed by atoms with E-state index in [1.165, 1.54) is 39.6 Å². The average Bonchev–Trinajstić information content (AvgIpc) is 2.12. The summed E-state index contributed by atoms with van der Waals surface area (Å²) in [6, 6.07) is 0. The zero-order chi connectivity index (χ0) is 9.60. The molecule has 0 aromatic heterocycles. The van der Waals surface area contributed by atoms with Crippen LogP contribution in [0.2, 0.25) is 0 Å². The van der Waals surface area contributed by atoms with Crippen LogP contribution in [0.1, 0.15) is 6.42 Å². The summed E-state index contributed by atoms with van der Waals surface area (Å²) in [4.78, 5) is 7.62. The highest BCUT2D eigenvalue weighted by atomic mass is 35.5. The first-order valence-electron chi connectivity index (χ1n) is 5.22. The van der Waals surface area contributed by atoms with Crippen molar-refractivity contribution in [2.45, 2.75) is 6.42 Å². The quantitative estimate of drug-likeness (QED) is 0.676. The van der Waals surface area contributed by atoms with Crippen molar-refractivity contribution in [2.24, 2.45) is 5.41 Å². The molecule has 4 rings (SSSR count). The summed E-state index contributed by atoms with van der Waals surface area (Å²) in [5.41, 5.74) is 2.12. The van der Waals surface area contributed by atoms with Crippen LogP contribution >= 0.6 is 11.6 Å². The van der Waals surface area contributed by atoms with E-state index in [1.807, 2.05) is 0 Å². The molecule has 14 heavy (non-hydrogen) atoms. The second-order valence-electron chi connectivity index (χ2n) is 4.98. The van der Waals surface area contributed by atoms with Gasteiger partial charge in [-0.15, -0.1) is 0 Å². The lowest BCUT2D eigenvalue weighted by atomic mass is 9.78. The van der Waals surface area contributed by atoms with E-state index in [0.717, 1.165) is 6.42 Å². The van der Waals surface area contributed by atoms with Gasteiger partial charge >= 0.3 is 0 Å². The molecule has 0 N–H and O–H groups in total. The van der Waals surface area contributed by atoms with Crippen molar-refractivity contribution in [1.29, 1.82) is 0 Å². The van der Waals surface area contributed by atoms with Crippen LogP contribution in [0.4, 0.5) is 0 Å². The average molecular weight is 214 g/mol. The zero-order valence-electron chi connectivity index (χ0n) is 8.32. The van der Waals surface area contributed by atoms with Crippen molar-refractivity contribution in [2.75, 3.05) is 39.6 Å². The van der Waals surface area contributed by atoms with Crippen molar-refractivity contribution in [1.82, 2.24) is 14.7 Å². The monoisotopic (exact) mass is 213 g/mol. The minimum atomic E-state index is 0.458. The van der Waals surface area contributed by atoms with E-state index >= 15 is 0 Å². The normalized spacial score (nSPS) is 50.5. The van der Waals surface area contributed by atoms with Gasteiger partial charge in [-0.25, -0.2) is 0 Å². The van der Waals surface area contributed by atoms with Crippen molar-refractivity contribution in [3.05, 3.63) is 11.6 Å². The number of rotatable bonds is 2. The maximum absolute atomic E-state index is 5.62. The van der Waals surface area contributed by atoms with Crippen molar-refractivity contribution >= 4 is 11.6 Å². The topological polar surface area (TPSA) is 9.72 Å². The Morgan fingerprint density at radius 1 is 1.00 bits per heavy atom. The van der Waals surface area contributed by atoms with Gasteiger partial charge in [0.1, 0.15) is 0 Å². The van der Waals surface area contributed by atoms with Crippen LogP contribution in [0.15, 0.2) is 11.6 Å². The number of allylic oxidation sites excluding steroid dienone is 1. The fourth-order valence-corrected chi connectivity index (χ4v) is 3.43. The van der Waals surface area contributed by atoms with Gasteiger partial charge in [-0.3, -0.25) is 14.7 Å². The Balaban J connectivity index is 1.80. The van der Waals surface area contributed by atoms with Crippen LogP contribution in [-0.4, -0.2) is 54.3 Å². The highest BCUT2D eigenvalue weighted by Gasteiger charge is 2.47. The Morgan fingerprint density at radius 3 is 1.93 bits per heavy atom. The first-order valence-corrected chi connectivity index (χ1v) is 5.66. The van der Waals surface area contributed by atoms with Crippen LogP contribution in [0.5, 0.6) is 0 Å². The lowest BCUT2D eigenvalue weighted by Crippen LogP contribution is -2.72. The van der Waals surface area contributed by atoms with E-state index in [9.17, 15) is 0 Å². The molecular formula is C10H16ClN3. The van der Waals surface area contributed by atoms with E-state index < -0.39 is 0 Å². The highest BCUT2D eigenvalue weighted by molar-refractivity contribution is 6.25. The van der Waals surface area contributed by atoms with E-state index in [-0.39, 0.29) is 0 Å². The van der Waals surface area contributed by atoms with Gasteiger partial charge in [-0.2, -0.15) is 0 Å². The molecule has 4 aliphatic rings. The van der Waals surface area contributed by atoms with E-state index in [4.69, 9.17) is 11.6 Å². The largest absolute Gasteiger partial charge is 0.277 e. The molecule has 0 unspecified atom stereocenters. The number of nitrogens with zero attached hydrogens (tertiary/aromatic N) is 3. The summed E-state index contributed by atoms with van der Waals surface area (Å²) in [7, 11) is 0. The Bertz CT molecular complexity index is 229. The standard InChI is InChI=1S/C10H16ClN3/c11-3-1-2-10-4-12-7-13(5-10)9-14(6-10)8-12/h1,3H,2,4-9H2/b3-1+. The molecule has 0 radical (unpaired) electrons. The maximum atomic E-state index is 5.62. The third-order valence-corrected chi connectivity index (χ3v) is 3.70. The van der Waals surface area contributed by atoms with Gasteiger partial charge in [-0.05, 0) is 6.42 Å². The van der Waals surface area contributed by atoms with Gasteiger partial charge in [-0.1, -0.05) is 17.7 Å². The molecule has 4 heterocycles. The summed E-state index contributed by atoms with van der Waals surface area (Å²) >= 11 is 5.62. The summed E-state index contributed by atoms with van der Waals surface area (Å²) < 4.78 is 0. The Hall–Kier alpha value is -0.0900. The molecule has 0 spiro atoms. The minimum Gasteiger partial charge on any atom is -0.277 e. The van der Waals surface area contributed by atoms with Gasteiger partial charge in [0.05, 0.1) is 20.0 Å². The molecule has 3 nitrogen and oxygen atoms in total. The summed E-state index contributed by atoms with van der Waals surface area (Å²) in [6.07, 6.45) is 3.23. The number of halogens is 1. The number of hydrogen-bond donors (Lipinski definition) is 0. The SMILES string of the molecule is Cl/C=C/CC12CN3CN(CN(C3)C1)C2. The molecule has 4 heteroatoms. The predicted molar refractivity (Wildman–Crippen MR) is 56.8 cm³/mol. The minimum absolute atomic E-state index is 0.458. The molecule has 0 aliphatic carbocycles. The zero-order valence-corrected chi connectivity index (χ0v) is 9.08.